The molecule has 0 aliphatic carbocycles. The lowest BCUT2D eigenvalue weighted by Crippen LogP contribution is -2.31. The van der Waals surface area contributed by atoms with Gasteiger partial charge in [0.25, 0.3) is 11.7 Å². The van der Waals surface area contributed by atoms with Crippen LogP contribution in [0.2, 0.25) is 5.02 Å². The first-order chi connectivity index (χ1) is 16.3. The molecule has 2 aromatic carbocycles. The number of hydrogen-bond acceptors (Lipinski definition) is 6. The van der Waals surface area contributed by atoms with Gasteiger partial charge in [-0.1, -0.05) is 23.7 Å². The van der Waals surface area contributed by atoms with Crippen molar-refractivity contribution in [2.75, 3.05) is 26.9 Å². The molecule has 0 radical (unpaired) electrons. The van der Waals surface area contributed by atoms with Crippen LogP contribution in [0.1, 0.15) is 44.4 Å². The molecule has 1 aliphatic rings. The zero-order chi connectivity index (χ0) is 24.8. The first-order valence-corrected chi connectivity index (χ1v) is 11.6. The van der Waals surface area contributed by atoms with Gasteiger partial charge in [-0.15, -0.1) is 0 Å². The van der Waals surface area contributed by atoms with Crippen molar-refractivity contribution in [1.82, 2.24) is 4.90 Å². The molecule has 182 valence electrons. The Morgan fingerprint density at radius 1 is 1.12 bits per heavy atom. The quantitative estimate of drug-likeness (QED) is 0.220. The number of aliphatic hydroxyl groups is 1. The average Bonchev–Trinajstić information content (AvgIpc) is 3.07. The molecule has 1 saturated heterocycles. The third-order valence-electron chi connectivity index (χ3n) is 5.47. The maximum absolute atomic E-state index is 13.2. The molecule has 1 aliphatic heterocycles. The highest BCUT2D eigenvalue weighted by Crippen LogP contribution is 2.41. The second-order valence-corrected chi connectivity index (χ2v) is 8.52. The van der Waals surface area contributed by atoms with Gasteiger partial charge < -0.3 is 24.2 Å². The van der Waals surface area contributed by atoms with Gasteiger partial charge in [0.05, 0.1) is 36.5 Å². The summed E-state index contributed by atoms with van der Waals surface area (Å²) in [6, 6.07) is 11.1. The molecule has 1 fully saturated rings. The molecular weight excluding hydrogens is 458 g/mol. The van der Waals surface area contributed by atoms with Gasteiger partial charge in [0, 0.05) is 18.7 Å². The number of halogens is 1. The van der Waals surface area contributed by atoms with Gasteiger partial charge in [-0.3, -0.25) is 9.59 Å². The molecule has 7 nitrogen and oxygen atoms in total. The maximum Gasteiger partial charge on any atom is 0.295 e. The predicted octanol–water partition coefficient (Wildman–Crippen LogP) is 4.98. The number of likely N-dealkylation sites (tertiary alicyclic amines) is 1. The Morgan fingerprint density at radius 3 is 2.41 bits per heavy atom. The second-order valence-electron chi connectivity index (χ2n) is 8.11. The Hall–Kier alpha value is -3.03. The number of methoxy groups -OCH3 is 1. The van der Waals surface area contributed by atoms with E-state index in [0.717, 1.165) is 0 Å². The Morgan fingerprint density at radius 2 is 1.79 bits per heavy atom. The SMILES string of the molecule is CCOc1ccc(Cl)c(/C(O)=C2\C(=O)C(=O)N(CCCOC(C)C)C2c2ccc(OC)cc2)c1. The minimum absolute atomic E-state index is 0.0181. The lowest BCUT2D eigenvalue weighted by Gasteiger charge is -2.25. The number of benzene rings is 2. The summed E-state index contributed by atoms with van der Waals surface area (Å²) >= 11 is 6.36. The number of ketones is 1. The molecule has 0 saturated carbocycles. The van der Waals surface area contributed by atoms with Crippen molar-refractivity contribution >= 4 is 29.1 Å². The number of nitrogens with zero attached hydrogens (tertiary/aromatic N) is 1. The normalized spacial score (nSPS) is 17.5. The van der Waals surface area contributed by atoms with E-state index < -0.39 is 17.7 Å². The minimum atomic E-state index is -0.781. The number of Topliss-reactive ketones (excluding diaryl/α,β-unsaturated/α-hetero) is 1. The number of hydrogen-bond donors (Lipinski definition) is 1. The molecular formula is C26H30ClNO6. The number of carbonyl (C=O) groups is 2. The van der Waals surface area contributed by atoms with Gasteiger partial charge in [-0.2, -0.15) is 0 Å². The fourth-order valence-corrected chi connectivity index (χ4v) is 4.09. The van der Waals surface area contributed by atoms with Crippen LogP contribution in [0.4, 0.5) is 0 Å². The summed E-state index contributed by atoms with van der Waals surface area (Å²) in [6.45, 7) is 6.87. The van der Waals surface area contributed by atoms with Crippen LogP contribution in [0.3, 0.4) is 0 Å². The predicted molar refractivity (Wildman–Crippen MR) is 130 cm³/mol. The zero-order valence-electron chi connectivity index (χ0n) is 19.8. The largest absolute Gasteiger partial charge is 0.507 e. The Balaban J connectivity index is 2.08. The molecule has 1 atom stereocenters. The van der Waals surface area contributed by atoms with Gasteiger partial charge in [0.1, 0.15) is 17.3 Å². The smallest absolute Gasteiger partial charge is 0.295 e. The van der Waals surface area contributed by atoms with Crippen molar-refractivity contribution in [2.45, 2.75) is 39.3 Å². The number of aliphatic hydroxyl groups excluding tert-OH is 1. The van der Waals surface area contributed by atoms with Crippen LogP contribution in [0, 0.1) is 0 Å². The van der Waals surface area contributed by atoms with E-state index in [0.29, 0.717) is 36.7 Å². The summed E-state index contributed by atoms with van der Waals surface area (Å²) in [5.41, 5.74) is 0.881. The number of amides is 1. The van der Waals surface area contributed by atoms with E-state index in [9.17, 15) is 14.7 Å². The van der Waals surface area contributed by atoms with Crippen molar-refractivity contribution in [3.63, 3.8) is 0 Å². The summed E-state index contributed by atoms with van der Waals surface area (Å²) in [6.07, 6.45) is 0.603. The van der Waals surface area contributed by atoms with E-state index in [1.165, 1.54) is 4.90 Å². The summed E-state index contributed by atoms with van der Waals surface area (Å²) in [5, 5.41) is 11.5. The molecule has 0 spiro atoms. The molecule has 2 aromatic rings. The summed E-state index contributed by atoms with van der Waals surface area (Å²) in [4.78, 5) is 27.7. The van der Waals surface area contributed by atoms with E-state index in [1.54, 1.807) is 49.6 Å². The summed E-state index contributed by atoms with van der Waals surface area (Å²) in [5.74, 6) is -0.648. The van der Waals surface area contributed by atoms with Crippen molar-refractivity contribution in [2.24, 2.45) is 0 Å². The fourth-order valence-electron chi connectivity index (χ4n) is 3.88. The molecule has 8 heteroatoms. The van der Waals surface area contributed by atoms with E-state index in [4.69, 9.17) is 25.8 Å². The van der Waals surface area contributed by atoms with Gasteiger partial charge in [0.15, 0.2) is 0 Å². The number of carbonyl (C=O) groups excluding carboxylic acids is 2. The second kappa shape index (κ2) is 11.4. The standard InChI is InChI=1S/C26H30ClNO6/c1-5-33-19-11-12-21(27)20(15-19)24(29)22-23(17-7-9-18(32-4)10-8-17)28(26(31)25(22)30)13-6-14-34-16(2)3/h7-12,15-16,23,29H,5-6,13-14H2,1-4H3/b24-22+. The number of rotatable bonds is 10. The fraction of sp³-hybridized carbons (Fsp3) is 0.385. The third-order valence-corrected chi connectivity index (χ3v) is 5.80. The highest BCUT2D eigenvalue weighted by molar-refractivity contribution is 6.47. The zero-order valence-corrected chi connectivity index (χ0v) is 20.6. The molecule has 0 bridgehead atoms. The lowest BCUT2D eigenvalue weighted by atomic mass is 9.95. The van der Waals surface area contributed by atoms with Crippen LogP contribution >= 0.6 is 11.6 Å². The van der Waals surface area contributed by atoms with Gasteiger partial charge >= 0.3 is 0 Å². The van der Waals surface area contributed by atoms with E-state index in [2.05, 4.69) is 0 Å². The van der Waals surface area contributed by atoms with E-state index in [-0.39, 0.29) is 34.6 Å². The topological polar surface area (TPSA) is 85.3 Å². The molecule has 1 amide bonds. The van der Waals surface area contributed by atoms with Crippen molar-refractivity contribution < 1.29 is 28.9 Å². The maximum atomic E-state index is 13.2. The molecule has 1 heterocycles. The summed E-state index contributed by atoms with van der Waals surface area (Å²) in [7, 11) is 1.56. The monoisotopic (exact) mass is 487 g/mol. The van der Waals surface area contributed by atoms with Crippen molar-refractivity contribution in [1.29, 1.82) is 0 Å². The van der Waals surface area contributed by atoms with Gasteiger partial charge in [-0.05, 0) is 63.1 Å². The van der Waals surface area contributed by atoms with Crippen LogP contribution < -0.4 is 9.47 Å². The van der Waals surface area contributed by atoms with Crippen LogP contribution in [0.25, 0.3) is 5.76 Å². The van der Waals surface area contributed by atoms with Crippen molar-refractivity contribution in [3.05, 3.63) is 64.2 Å². The van der Waals surface area contributed by atoms with Crippen LogP contribution in [0.15, 0.2) is 48.0 Å². The molecule has 3 rings (SSSR count). The molecule has 0 aromatic heterocycles. The van der Waals surface area contributed by atoms with Crippen molar-refractivity contribution in [3.8, 4) is 11.5 Å². The summed E-state index contributed by atoms with van der Waals surface area (Å²) < 4.78 is 16.4. The number of ether oxygens (including phenoxy) is 3. The van der Waals surface area contributed by atoms with E-state index >= 15 is 0 Å². The Kier molecular flexibility index (Phi) is 8.58. The lowest BCUT2D eigenvalue weighted by molar-refractivity contribution is -0.140. The minimum Gasteiger partial charge on any atom is -0.507 e. The van der Waals surface area contributed by atoms with Gasteiger partial charge in [0.2, 0.25) is 0 Å². The highest BCUT2D eigenvalue weighted by atomic mass is 35.5. The van der Waals surface area contributed by atoms with E-state index in [1.807, 2.05) is 20.8 Å². The third kappa shape index (κ3) is 5.54. The first kappa shape index (κ1) is 25.6. The highest BCUT2D eigenvalue weighted by Gasteiger charge is 2.46. The van der Waals surface area contributed by atoms with Crippen LogP contribution in [-0.2, 0) is 14.3 Å². The molecule has 1 unspecified atom stereocenters. The first-order valence-electron chi connectivity index (χ1n) is 11.2. The average molecular weight is 488 g/mol. The Labute approximate surface area is 204 Å². The van der Waals surface area contributed by atoms with Crippen LogP contribution in [0.5, 0.6) is 11.5 Å². The Bertz CT molecular complexity index is 1060. The molecule has 1 N–H and O–H groups in total. The van der Waals surface area contributed by atoms with Gasteiger partial charge in [-0.25, -0.2) is 0 Å². The molecule has 34 heavy (non-hydrogen) atoms. The van der Waals surface area contributed by atoms with Crippen LogP contribution in [-0.4, -0.2) is 54.7 Å².